The minimum absolute atomic E-state index is 0.0115. The number of carbonyl (C=O) groups is 2. The van der Waals surface area contributed by atoms with Crippen molar-refractivity contribution in [3.8, 4) is 11.3 Å². The smallest absolute Gasteiger partial charge is 0.255 e. The summed E-state index contributed by atoms with van der Waals surface area (Å²) in [7, 11) is 0. The molecule has 0 unspecified atom stereocenters. The lowest BCUT2D eigenvalue weighted by Crippen LogP contribution is -2.43. The highest BCUT2D eigenvalue weighted by molar-refractivity contribution is 6.30. The van der Waals surface area contributed by atoms with E-state index >= 15 is 0 Å². The van der Waals surface area contributed by atoms with Crippen molar-refractivity contribution >= 4 is 34.7 Å². The van der Waals surface area contributed by atoms with E-state index in [9.17, 15) is 9.59 Å². The fraction of sp³-hybridized carbons (Fsp3) is 0.435. The number of nitrogens with one attached hydrogen (secondary N) is 3. The normalized spacial score (nSPS) is 18.3. The first kappa shape index (κ1) is 23.0. The molecule has 0 radical (unpaired) electrons. The van der Waals surface area contributed by atoms with Crippen molar-refractivity contribution in [3.63, 3.8) is 0 Å². The molecule has 0 atom stereocenters. The number of amides is 2. The highest BCUT2D eigenvalue weighted by Gasteiger charge is 2.25. The molecule has 3 N–H and O–H groups in total. The number of carbonyl (C=O) groups excluding carboxylic acids is 2. The Kier molecular flexibility index (Phi) is 6.78. The zero-order valence-electron chi connectivity index (χ0n) is 18.9. The molecular formula is C23H28ClN7O2. The van der Waals surface area contributed by atoms with Crippen LogP contribution in [-0.4, -0.2) is 49.5 Å². The first-order valence-corrected chi connectivity index (χ1v) is 11.5. The number of nitrogens with zero attached hydrogens (tertiary/aromatic N) is 4. The van der Waals surface area contributed by atoms with E-state index < -0.39 is 0 Å². The van der Waals surface area contributed by atoms with Crippen LogP contribution in [0.2, 0.25) is 5.02 Å². The molecule has 1 saturated carbocycles. The molecule has 2 amide bonds. The average molecular weight is 470 g/mol. The first-order valence-electron chi connectivity index (χ1n) is 11.1. The van der Waals surface area contributed by atoms with Gasteiger partial charge in [0, 0.05) is 37.4 Å². The predicted molar refractivity (Wildman–Crippen MR) is 127 cm³/mol. The standard InChI is InChI=1S/C23H28ClN7O2/c1-13(2)28-21-8-20(18-11-27-31-12-15(24)9-26-22(18)31)25-10-19(21)23(33)30-17-6-4-16(5-7-17)29-14(3)32/h8-13,16-17H,4-7H2,1-3H3,(H,25,28)(H,29,32)(H,30,33). The first-order chi connectivity index (χ1) is 15.8. The quantitative estimate of drug-likeness (QED) is 0.509. The summed E-state index contributed by atoms with van der Waals surface area (Å²) in [5.74, 6) is -0.174. The second kappa shape index (κ2) is 9.74. The molecule has 3 aromatic rings. The van der Waals surface area contributed by atoms with Crippen molar-refractivity contribution in [2.75, 3.05) is 5.32 Å². The molecule has 33 heavy (non-hydrogen) atoms. The number of hydrogen-bond acceptors (Lipinski definition) is 6. The molecule has 174 valence electrons. The van der Waals surface area contributed by atoms with Gasteiger partial charge < -0.3 is 16.0 Å². The van der Waals surface area contributed by atoms with Crippen LogP contribution in [0, 0.1) is 0 Å². The lowest BCUT2D eigenvalue weighted by molar-refractivity contribution is -0.119. The van der Waals surface area contributed by atoms with Gasteiger partial charge in [0.15, 0.2) is 5.65 Å². The maximum absolute atomic E-state index is 13.1. The van der Waals surface area contributed by atoms with Crippen molar-refractivity contribution in [2.45, 2.75) is 64.6 Å². The number of halogens is 1. The van der Waals surface area contributed by atoms with Gasteiger partial charge in [0.1, 0.15) is 0 Å². The summed E-state index contributed by atoms with van der Waals surface area (Å²) in [6, 6.07) is 2.24. The lowest BCUT2D eigenvalue weighted by atomic mass is 9.91. The van der Waals surface area contributed by atoms with Gasteiger partial charge in [-0.15, -0.1) is 0 Å². The van der Waals surface area contributed by atoms with Crippen LogP contribution in [0.15, 0.2) is 30.9 Å². The molecule has 1 aliphatic rings. The summed E-state index contributed by atoms with van der Waals surface area (Å²) in [4.78, 5) is 33.3. The fourth-order valence-electron chi connectivity index (χ4n) is 4.18. The van der Waals surface area contributed by atoms with E-state index in [1.54, 1.807) is 29.3 Å². The van der Waals surface area contributed by atoms with E-state index in [0.717, 1.165) is 31.2 Å². The SMILES string of the molecule is CC(=O)NC1CCC(NC(=O)c2cnc(-c3cnn4cc(Cl)cnc34)cc2NC(C)C)CC1. The van der Waals surface area contributed by atoms with Gasteiger partial charge in [-0.05, 0) is 45.6 Å². The van der Waals surface area contributed by atoms with Gasteiger partial charge in [-0.3, -0.25) is 14.6 Å². The Hall–Kier alpha value is -3.20. The Morgan fingerprint density at radius 3 is 2.42 bits per heavy atom. The van der Waals surface area contributed by atoms with Crippen LogP contribution in [-0.2, 0) is 4.79 Å². The maximum atomic E-state index is 13.1. The number of rotatable bonds is 6. The van der Waals surface area contributed by atoms with Gasteiger partial charge in [0.2, 0.25) is 5.91 Å². The van der Waals surface area contributed by atoms with Crippen LogP contribution in [0.1, 0.15) is 56.8 Å². The predicted octanol–water partition coefficient (Wildman–Crippen LogP) is 3.44. The largest absolute Gasteiger partial charge is 0.382 e. The van der Waals surface area contributed by atoms with Crippen molar-refractivity contribution in [1.29, 1.82) is 0 Å². The molecule has 9 nitrogen and oxygen atoms in total. The molecule has 10 heteroatoms. The summed E-state index contributed by atoms with van der Waals surface area (Å²) in [5, 5.41) is 14.3. The molecule has 0 saturated heterocycles. The van der Waals surface area contributed by atoms with E-state index in [1.165, 1.54) is 6.92 Å². The molecule has 4 rings (SSSR count). The Bertz CT molecular complexity index is 1170. The second-order valence-corrected chi connectivity index (χ2v) is 9.17. The molecule has 3 heterocycles. The molecular weight excluding hydrogens is 442 g/mol. The third-order valence-corrected chi connectivity index (χ3v) is 5.86. The molecule has 0 aliphatic heterocycles. The Labute approximate surface area is 197 Å². The summed E-state index contributed by atoms with van der Waals surface area (Å²) in [5.41, 5.74) is 3.24. The van der Waals surface area contributed by atoms with E-state index in [1.807, 2.05) is 19.9 Å². The van der Waals surface area contributed by atoms with Gasteiger partial charge in [0.25, 0.3) is 5.91 Å². The van der Waals surface area contributed by atoms with Crippen molar-refractivity contribution in [1.82, 2.24) is 30.2 Å². The Morgan fingerprint density at radius 1 is 1.06 bits per heavy atom. The van der Waals surface area contributed by atoms with Crippen LogP contribution < -0.4 is 16.0 Å². The topological polar surface area (TPSA) is 113 Å². The van der Waals surface area contributed by atoms with Crippen molar-refractivity contribution in [3.05, 3.63) is 41.4 Å². The zero-order chi connectivity index (χ0) is 23.5. The minimum atomic E-state index is -0.162. The average Bonchev–Trinajstić information content (AvgIpc) is 3.17. The monoisotopic (exact) mass is 469 g/mol. The maximum Gasteiger partial charge on any atom is 0.255 e. The molecule has 3 aromatic heterocycles. The van der Waals surface area contributed by atoms with Crippen LogP contribution in [0.5, 0.6) is 0 Å². The Balaban J connectivity index is 1.54. The summed E-state index contributed by atoms with van der Waals surface area (Å²) < 4.78 is 1.60. The molecule has 0 aromatic carbocycles. The van der Waals surface area contributed by atoms with E-state index in [4.69, 9.17) is 11.6 Å². The van der Waals surface area contributed by atoms with E-state index in [2.05, 4.69) is 31.0 Å². The number of hydrogen-bond donors (Lipinski definition) is 3. The highest BCUT2D eigenvalue weighted by atomic mass is 35.5. The number of anilines is 1. The Morgan fingerprint density at radius 2 is 1.76 bits per heavy atom. The van der Waals surface area contributed by atoms with Crippen LogP contribution in [0.3, 0.4) is 0 Å². The summed E-state index contributed by atoms with van der Waals surface area (Å²) in [6.45, 7) is 5.57. The van der Waals surface area contributed by atoms with Crippen LogP contribution >= 0.6 is 11.6 Å². The molecule has 0 spiro atoms. The van der Waals surface area contributed by atoms with Crippen LogP contribution in [0.25, 0.3) is 16.9 Å². The van der Waals surface area contributed by atoms with Gasteiger partial charge >= 0.3 is 0 Å². The third kappa shape index (κ3) is 5.42. The number of aromatic nitrogens is 4. The van der Waals surface area contributed by atoms with E-state index in [-0.39, 0.29) is 29.9 Å². The van der Waals surface area contributed by atoms with Crippen molar-refractivity contribution in [2.24, 2.45) is 0 Å². The van der Waals surface area contributed by atoms with Crippen molar-refractivity contribution < 1.29 is 9.59 Å². The highest BCUT2D eigenvalue weighted by Crippen LogP contribution is 2.27. The number of pyridine rings is 1. The molecule has 0 bridgehead atoms. The summed E-state index contributed by atoms with van der Waals surface area (Å²) >= 11 is 6.01. The molecule has 1 aliphatic carbocycles. The third-order valence-electron chi connectivity index (χ3n) is 5.66. The van der Waals surface area contributed by atoms with Gasteiger partial charge in [-0.25, -0.2) is 9.50 Å². The summed E-state index contributed by atoms with van der Waals surface area (Å²) in [6.07, 6.45) is 9.89. The second-order valence-electron chi connectivity index (χ2n) is 8.74. The molecule has 1 fully saturated rings. The van der Waals surface area contributed by atoms with Gasteiger partial charge in [-0.2, -0.15) is 5.10 Å². The zero-order valence-corrected chi connectivity index (χ0v) is 19.7. The number of fused-ring (bicyclic) bond motifs is 1. The van der Waals surface area contributed by atoms with Gasteiger partial charge in [0.05, 0.1) is 39.9 Å². The van der Waals surface area contributed by atoms with Crippen LogP contribution in [0.4, 0.5) is 5.69 Å². The fourth-order valence-corrected chi connectivity index (χ4v) is 4.32. The lowest BCUT2D eigenvalue weighted by Gasteiger charge is -2.29. The van der Waals surface area contributed by atoms with E-state index in [0.29, 0.717) is 27.6 Å². The minimum Gasteiger partial charge on any atom is -0.382 e. The van der Waals surface area contributed by atoms with Gasteiger partial charge in [-0.1, -0.05) is 11.6 Å².